The molecule has 170 valence electrons. The van der Waals surface area contributed by atoms with E-state index >= 15 is 0 Å². The van der Waals surface area contributed by atoms with Crippen LogP contribution in [0.2, 0.25) is 0 Å². The number of alkyl halides is 3. The summed E-state index contributed by atoms with van der Waals surface area (Å²) in [6.07, 6.45) is -0.197. The fourth-order valence-electron chi connectivity index (χ4n) is 4.14. The van der Waals surface area contributed by atoms with Gasteiger partial charge < -0.3 is 10.6 Å². The molecule has 1 atom stereocenters. The molecule has 30 heavy (non-hydrogen) atoms. The molecular formula is C20H33F3N6S. The summed E-state index contributed by atoms with van der Waals surface area (Å²) < 4.78 is 37.7. The maximum Gasteiger partial charge on any atom is 0.401 e. The van der Waals surface area contributed by atoms with Crippen molar-refractivity contribution in [3.63, 3.8) is 0 Å². The quantitative estimate of drug-likeness (QED) is 0.498. The Labute approximate surface area is 180 Å². The lowest BCUT2D eigenvalue weighted by atomic mass is 9.97. The summed E-state index contributed by atoms with van der Waals surface area (Å²) in [6, 6.07) is 0.00604. The van der Waals surface area contributed by atoms with Crippen molar-refractivity contribution in [1.82, 2.24) is 25.4 Å². The van der Waals surface area contributed by atoms with E-state index in [1.807, 2.05) is 0 Å². The predicted octanol–water partition coefficient (Wildman–Crippen LogP) is 2.72. The van der Waals surface area contributed by atoms with E-state index in [9.17, 15) is 13.2 Å². The first-order chi connectivity index (χ1) is 14.3. The number of hydrogen-bond donors (Lipinski definition) is 2. The van der Waals surface area contributed by atoms with Gasteiger partial charge in [0.05, 0.1) is 17.2 Å². The third-order valence-corrected chi connectivity index (χ3v) is 6.83. The Morgan fingerprint density at radius 1 is 1.23 bits per heavy atom. The molecule has 0 saturated carbocycles. The summed E-state index contributed by atoms with van der Waals surface area (Å²) in [5.74, 6) is 1.26. The van der Waals surface area contributed by atoms with Crippen LogP contribution in [0.15, 0.2) is 10.4 Å². The largest absolute Gasteiger partial charge is 0.401 e. The molecule has 0 amide bonds. The number of aromatic nitrogens is 1. The number of hydrogen-bond acceptors (Lipinski definition) is 5. The number of rotatable bonds is 7. The van der Waals surface area contributed by atoms with Crippen molar-refractivity contribution in [2.24, 2.45) is 10.9 Å². The van der Waals surface area contributed by atoms with Gasteiger partial charge in [0, 0.05) is 44.6 Å². The van der Waals surface area contributed by atoms with E-state index in [1.165, 1.54) is 15.6 Å². The molecule has 2 saturated heterocycles. The minimum absolute atomic E-state index is 0.00604. The highest BCUT2D eigenvalue weighted by Gasteiger charge is 2.34. The van der Waals surface area contributed by atoms with Gasteiger partial charge in [-0.25, -0.2) is 4.98 Å². The molecule has 2 aliphatic rings. The SMILES string of the molecule is CCc1nc(CN2CCC(CNC(=NC)NC3CCN(CC(F)(F)F)C3)CC2)cs1. The van der Waals surface area contributed by atoms with Gasteiger partial charge in [0.1, 0.15) is 0 Å². The number of likely N-dealkylation sites (tertiary alicyclic amines) is 2. The van der Waals surface area contributed by atoms with Gasteiger partial charge >= 0.3 is 6.18 Å². The number of halogens is 3. The standard InChI is InChI=1S/C20H33F3N6S/c1-3-18-26-17(13-30-18)12-28-7-4-15(5-8-28)10-25-19(24-2)27-16-6-9-29(11-16)14-20(21,22)23/h13,15-16H,3-12,14H2,1-2H3,(H2,24,25,27). The number of guanidine groups is 1. The molecule has 3 heterocycles. The second kappa shape index (κ2) is 10.8. The summed E-state index contributed by atoms with van der Waals surface area (Å²) in [6.45, 7) is 6.05. The van der Waals surface area contributed by atoms with Crippen molar-refractivity contribution in [2.45, 2.75) is 51.4 Å². The number of nitrogens with one attached hydrogen (secondary N) is 2. The Hall–Kier alpha value is -1.39. The highest BCUT2D eigenvalue weighted by atomic mass is 32.1. The van der Waals surface area contributed by atoms with E-state index in [4.69, 9.17) is 0 Å². The molecule has 2 fully saturated rings. The molecule has 1 aromatic heterocycles. The molecule has 10 heteroatoms. The van der Waals surface area contributed by atoms with Gasteiger partial charge in [0.2, 0.25) is 0 Å². The van der Waals surface area contributed by atoms with Crippen LogP contribution in [0.25, 0.3) is 0 Å². The van der Waals surface area contributed by atoms with E-state index in [0.29, 0.717) is 31.4 Å². The van der Waals surface area contributed by atoms with Crippen LogP contribution in [0.1, 0.15) is 36.9 Å². The molecule has 3 rings (SSSR count). The third-order valence-electron chi connectivity index (χ3n) is 5.79. The van der Waals surface area contributed by atoms with E-state index in [-0.39, 0.29) is 6.04 Å². The Morgan fingerprint density at radius 2 is 1.97 bits per heavy atom. The zero-order valence-corrected chi connectivity index (χ0v) is 18.7. The molecule has 2 aliphatic heterocycles. The van der Waals surface area contributed by atoms with Crippen LogP contribution in [-0.4, -0.2) is 79.3 Å². The number of aryl methyl sites for hydroxylation is 1. The first-order valence-corrected chi connectivity index (χ1v) is 11.6. The van der Waals surface area contributed by atoms with E-state index in [0.717, 1.165) is 45.4 Å². The average molecular weight is 447 g/mol. The summed E-state index contributed by atoms with van der Waals surface area (Å²) in [5, 5.41) is 10.0. The molecule has 6 nitrogen and oxygen atoms in total. The lowest BCUT2D eigenvalue weighted by Gasteiger charge is -2.32. The lowest BCUT2D eigenvalue weighted by Crippen LogP contribution is -2.47. The minimum Gasteiger partial charge on any atom is -0.356 e. The molecular weight excluding hydrogens is 413 g/mol. The zero-order valence-electron chi connectivity index (χ0n) is 17.8. The van der Waals surface area contributed by atoms with Crippen LogP contribution < -0.4 is 10.6 Å². The number of nitrogens with zero attached hydrogens (tertiary/aromatic N) is 4. The molecule has 0 aromatic carbocycles. The third kappa shape index (κ3) is 7.39. The fraction of sp³-hybridized carbons (Fsp3) is 0.800. The molecule has 2 N–H and O–H groups in total. The first-order valence-electron chi connectivity index (χ1n) is 10.8. The normalized spacial score (nSPS) is 22.6. The fourth-order valence-corrected chi connectivity index (χ4v) is 4.87. The highest BCUT2D eigenvalue weighted by molar-refractivity contribution is 7.09. The Kier molecular flexibility index (Phi) is 8.35. The van der Waals surface area contributed by atoms with Gasteiger partial charge in [0.25, 0.3) is 0 Å². The van der Waals surface area contributed by atoms with Crippen molar-refractivity contribution in [2.75, 3.05) is 46.3 Å². The number of aliphatic imine (C=N–C) groups is 1. The van der Waals surface area contributed by atoms with Crippen LogP contribution in [0.5, 0.6) is 0 Å². The average Bonchev–Trinajstić information content (AvgIpc) is 3.34. The summed E-state index contributed by atoms with van der Waals surface area (Å²) in [7, 11) is 1.71. The zero-order chi connectivity index (χ0) is 21.6. The van der Waals surface area contributed by atoms with Gasteiger partial charge in [-0.1, -0.05) is 6.92 Å². The van der Waals surface area contributed by atoms with E-state index < -0.39 is 12.7 Å². The van der Waals surface area contributed by atoms with Gasteiger partial charge in [-0.05, 0) is 44.7 Å². The van der Waals surface area contributed by atoms with Crippen LogP contribution >= 0.6 is 11.3 Å². The molecule has 0 radical (unpaired) electrons. The maximum absolute atomic E-state index is 12.6. The number of piperidine rings is 1. The van der Waals surface area contributed by atoms with Crippen LogP contribution in [-0.2, 0) is 13.0 Å². The van der Waals surface area contributed by atoms with Crippen LogP contribution in [0.3, 0.4) is 0 Å². The van der Waals surface area contributed by atoms with Crippen molar-refractivity contribution in [1.29, 1.82) is 0 Å². The van der Waals surface area contributed by atoms with E-state index in [2.05, 4.69) is 37.8 Å². The lowest BCUT2D eigenvalue weighted by molar-refractivity contribution is -0.143. The van der Waals surface area contributed by atoms with Crippen molar-refractivity contribution >= 4 is 17.3 Å². The second-order valence-corrected chi connectivity index (χ2v) is 9.18. The summed E-state index contributed by atoms with van der Waals surface area (Å²) >= 11 is 1.74. The summed E-state index contributed by atoms with van der Waals surface area (Å²) in [4.78, 5) is 12.8. The van der Waals surface area contributed by atoms with Crippen LogP contribution in [0, 0.1) is 5.92 Å². The van der Waals surface area contributed by atoms with Gasteiger partial charge in [-0.3, -0.25) is 14.8 Å². The van der Waals surface area contributed by atoms with Gasteiger partial charge in [-0.2, -0.15) is 13.2 Å². The van der Waals surface area contributed by atoms with Crippen molar-refractivity contribution in [3.05, 3.63) is 16.1 Å². The summed E-state index contributed by atoms with van der Waals surface area (Å²) in [5.41, 5.74) is 1.18. The van der Waals surface area contributed by atoms with Gasteiger partial charge in [0.15, 0.2) is 5.96 Å². The Morgan fingerprint density at radius 3 is 2.60 bits per heavy atom. The topological polar surface area (TPSA) is 55.8 Å². The smallest absolute Gasteiger partial charge is 0.356 e. The molecule has 0 bridgehead atoms. The van der Waals surface area contributed by atoms with E-state index in [1.54, 1.807) is 18.4 Å². The highest BCUT2D eigenvalue weighted by Crippen LogP contribution is 2.21. The van der Waals surface area contributed by atoms with Crippen molar-refractivity contribution in [3.8, 4) is 0 Å². The number of thiazole rings is 1. The second-order valence-electron chi connectivity index (χ2n) is 8.24. The Balaban J connectivity index is 1.34. The molecule has 0 aliphatic carbocycles. The maximum atomic E-state index is 12.6. The van der Waals surface area contributed by atoms with Crippen molar-refractivity contribution < 1.29 is 13.2 Å². The molecule has 0 spiro atoms. The molecule has 1 unspecified atom stereocenters. The monoisotopic (exact) mass is 446 g/mol. The van der Waals surface area contributed by atoms with Crippen LogP contribution in [0.4, 0.5) is 13.2 Å². The molecule has 1 aromatic rings. The minimum atomic E-state index is -4.14. The Bertz CT molecular complexity index is 684. The first kappa shape index (κ1) is 23.3. The van der Waals surface area contributed by atoms with Gasteiger partial charge in [-0.15, -0.1) is 11.3 Å². The predicted molar refractivity (Wildman–Crippen MR) is 115 cm³/mol.